The molecule has 2 aromatic carbocycles. The van der Waals surface area contributed by atoms with E-state index in [-0.39, 0.29) is 24.5 Å². The molecular weight excluding hydrogens is 418 g/mol. The summed E-state index contributed by atoms with van der Waals surface area (Å²) < 4.78 is 0. The number of amides is 3. The van der Waals surface area contributed by atoms with E-state index in [2.05, 4.69) is 0 Å². The molecule has 2 bridgehead atoms. The molecule has 0 spiro atoms. The van der Waals surface area contributed by atoms with Crippen molar-refractivity contribution in [2.75, 3.05) is 19.6 Å². The van der Waals surface area contributed by atoms with Crippen molar-refractivity contribution in [3.8, 4) is 0 Å². The number of carbonyl (C=O) groups excluding carboxylic acids is 2. The largest absolute Gasteiger partial charge is 0.480 e. The second-order valence-corrected chi connectivity index (χ2v) is 9.21. The van der Waals surface area contributed by atoms with E-state index in [0.29, 0.717) is 25.9 Å². The fourth-order valence-electron chi connectivity index (χ4n) is 5.80. The molecule has 3 aliphatic rings. The minimum atomic E-state index is -1.04. The molecule has 7 nitrogen and oxygen atoms in total. The Kier molecular flexibility index (Phi) is 5.79. The van der Waals surface area contributed by atoms with Gasteiger partial charge in [0, 0.05) is 25.7 Å². The molecule has 0 aliphatic carbocycles. The van der Waals surface area contributed by atoms with Gasteiger partial charge in [-0.05, 0) is 36.8 Å². The van der Waals surface area contributed by atoms with Crippen LogP contribution in [0.4, 0.5) is 4.79 Å². The minimum Gasteiger partial charge on any atom is -0.480 e. The predicted octanol–water partition coefficient (Wildman–Crippen LogP) is 3.16. The van der Waals surface area contributed by atoms with E-state index >= 15 is 0 Å². The third-order valence-corrected chi connectivity index (χ3v) is 7.30. The molecule has 2 aromatic rings. The van der Waals surface area contributed by atoms with Crippen molar-refractivity contribution >= 4 is 17.9 Å². The maximum atomic E-state index is 14.1. The zero-order valence-corrected chi connectivity index (χ0v) is 18.5. The lowest BCUT2D eigenvalue weighted by molar-refractivity contribution is -0.151. The van der Waals surface area contributed by atoms with Gasteiger partial charge in [0.2, 0.25) is 5.91 Å². The highest BCUT2D eigenvalue weighted by atomic mass is 16.4. The van der Waals surface area contributed by atoms with Gasteiger partial charge in [-0.1, -0.05) is 60.7 Å². The fourth-order valence-corrected chi connectivity index (χ4v) is 5.80. The standard InChI is InChI=1S/C26H29N3O4/c30-24(22(18-9-3-1-4-10-18)19-11-5-2-6-12-19)29-20-13-14-21(29)23(25(31)32)28(17-20)26(33)27-15-7-8-16-27/h1-6,9-12,20-23H,7-8,13-17H2,(H,31,32)/t20-,21+,23-/m0/s1. The maximum absolute atomic E-state index is 14.1. The molecule has 3 aliphatic heterocycles. The summed E-state index contributed by atoms with van der Waals surface area (Å²) >= 11 is 0. The summed E-state index contributed by atoms with van der Waals surface area (Å²) in [6.45, 7) is 1.61. The molecule has 0 aromatic heterocycles. The molecule has 1 N–H and O–H groups in total. The molecule has 3 saturated heterocycles. The van der Waals surface area contributed by atoms with E-state index in [1.807, 2.05) is 60.7 Å². The molecule has 3 fully saturated rings. The van der Waals surface area contributed by atoms with E-state index in [1.165, 1.54) is 4.90 Å². The molecule has 0 saturated carbocycles. The Balaban J connectivity index is 1.48. The van der Waals surface area contributed by atoms with Gasteiger partial charge in [-0.25, -0.2) is 9.59 Å². The first-order chi connectivity index (χ1) is 16.1. The number of hydrogen-bond acceptors (Lipinski definition) is 3. The van der Waals surface area contributed by atoms with E-state index < -0.39 is 24.0 Å². The Morgan fingerprint density at radius 1 is 0.848 bits per heavy atom. The van der Waals surface area contributed by atoms with E-state index in [1.54, 1.807) is 9.80 Å². The Labute approximate surface area is 193 Å². The number of carbonyl (C=O) groups is 3. The van der Waals surface area contributed by atoms with Gasteiger partial charge in [0.05, 0.1) is 12.0 Å². The fraction of sp³-hybridized carbons (Fsp3) is 0.423. The Bertz CT molecular complexity index is 983. The van der Waals surface area contributed by atoms with E-state index in [4.69, 9.17) is 0 Å². The monoisotopic (exact) mass is 447 g/mol. The number of fused-ring (bicyclic) bond motifs is 2. The van der Waals surface area contributed by atoms with Crippen LogP contribution in [0.15, 0.2) is 60.7 Å². The number of likely N-dealkylation sites (tertiary alicyclic amines) is 2. The molecule has 7 heteroatoms. The third kappa shape index (κ3) is 3.86. The number of benzene rings is 2. The average Bonchev–Trinajstić information content (AvgIpc) is 3.47. The highest BCUT2D eigenvalue weighted by Gasteiger charge is 2.54. The van der Waals surface area contributed by atoms with E-state index in [9.17, 15) is 19.5 Å². The van der Waals surface area contributed by atoms with Crippen LogP contribution in [0, 0.1) is 0 Å². The Hall–Kier alpha value is -3.35. The molecule has 3 heterocycles. The van der Waals surface area contributed by atoms with Crippen LogP contribution in [0.5, 0.6) is 0 Å². The second kappa shape index (κ2) is 8.89. The number of urea groups is 1. The summed E-state index contributed by atoms with van der Waals surface area (Å²) in [5.41, 5.74) is 1.77. The van der Waals surface area contributed by atoms with Crippen LogP contribution in [-0.4, -0.2) is 75.5 Å². The van der Waals surface area contributed by atoms with Crippen LogP contribution >= 0.6 is 0 Å². The van der Waals surface area contributed by atoms with Gasteiger partial charge in [-0.3, -0.25) is 4.79 Å². The molecule has 3 amide bonds. The molecule has 0 radical (unpaired) electrons. The van der Waals surface area contributed by atoms with Crippen LogP contribution in [0.3, 0.4) is 0 Å². The minimum absolute atomic E-state index is 0.0839. The summed E-state index contributed by atoms with van der Waals surface area (Å²) in [7, 11) is 0. The summed E-state index contributed by atoms with van der Waals surface area (Å²) in [4.78, 5) is 44.7. The first-order valence-corrected chi connectivity index (χ1v) is 11.8. The number of nitrogens with zero attached hydrogens (tertiary/aromatic N) is 3. The lowest BCUT2D eigenvalue weighted by Crippen LogP contribution is -2.66. The van der Waals surface area contributed by atoms with Crippen LogP contribution in [0.1, 0.15) is 42.7 Å². The van der Waals surface area contributed by atoms with Crippen molar-refractivity contribution in [1.29, 1.82) is 0 Å². The molecule has 172 valence electrons. The summed E-state index contributed by atoms with van der Waals surface area (Å²) in [5.74, 6) is -1.63. The SMILES string of the molecule is O=C(O)[C@@H]1[C@H]2CC[C@@H](CN1C(=O)N1CCCC1)N2C(=O)C(c1ccccc1)c1ccccc1. The zero-order valence-electron chi connectivity index (χ0n) is 18.5. The molecule has 3 atom stereocenters. The van der Waals surface area contributed by atoms with Crippen LogP contribution in [-0.2, 0) is 9.59 Å². The first kappa shape index (κ1) is 21.5. The molecule has 33 heavy (non-hydrogen) atoms. The number of carboxylic acids is 1. The lowest BCUT2D eigenvalue weighted by atomic mass is 9.88. The summed E-state index contributed by atoms with van der Waals surface area (Å²) in [5, 5.41) is 10.1. The van der Waals surface area contributed by atoms with Crippen molar-refractivity contribution in [3.63, 3.8) is 0 Å². The quantitative estimate of drug-likeness (QED) is 0.781. The number of aliphatic carboxylic acids is 1. The molecule has 5 rings (SSSR count). The van der Waals surface area contributed by atoms with Gasteiger partial charge in [0.1, 0.15) is 0 Å². The van der Waals surface area contributed by atoms with Gasteiger partial charge >= 0.3 is 12.0 Å². The van der Waals surface area contributed by atoms with Crippen molar-refractivity contribution in [2.45, 2.75) is 49.7 Å². The van der Waals surface area contributed by atoms with Gasteiger partial charge in [0.25, 0.3) is 0 Å². The number of piperazine rings is 1. The second-order valence-electron chi connectivity index (χ2n) is 9.21. The zero-order chi connectivity index (χ0) is 22.9. The van der Waals surface area contributed by atoms with Crippen molar-refractivity contribution in [1.82, 2.24) is 14.7 Å². The highest BCUT2D eigenvalue weighted by Crippen LogP contribution is 2.39. The average molecular weight is 448 g/mol. The molecular formula is C26H29N3O4. The van der Waals surface area contributed by atoms with E-state index in [0.717, 1.165) is 24.0 Å². The Morgan fingerprint density at radius 3 is 1.97 bits per heavy atom. The lowest BCUT2D eigenvalue weighted by Gasteiger charge is -2.46. The van der Waals surface area contributed by atoms with Crippen molar-refractivity contribution in [3.05, 3.63) is 71.8 Å². The normalized spacial score (nSPS) is 24.4. The highest BCUT2D eigenvalue weighted by molar-refractivity contribution is 5.90. The van der Waals surface area contributed by atoms with Crippen molar-refractivity contribution < 1.29 is 19.5 Å². The third-order valence-electron chi connectivity index (χ3n) is 7.30. The van der Waals surface area contributed by atoms with Gasteiger partial charge in [-0.15, -0.1) is 0 Å². The van der Waals surface area contributed by atoms with Gasteiger partial charge in [0.15, 0.2) is 6.04 Å². The Morgan fingerprint density at radius 2 is 1.42 bits per heavy atom. The smallest absolute Gasteiger partial charge is 0.328 e. The van der Waals surface area contributed by atoms with Crippen LogP contribution < -0.4 is 0 Å². The number of hydrogen-bond donors (Lipinski definition) is 1. The maximum Gasteiger partial charge on any atom is 0.328 e. The number of rotatable bonds is 4. The number of carboxylic acid groups (broad SMARTS) is 1. The summed E-state index contributed by atoms with van der Waals surface area (Å²) in [6.07, 6.45) is 3.20. The summed E-state index contributed by atoms with van der Waals surface area (Å²) in [6, 6.07) is 17.4. The van der Waals surface area contributed by atoms with Crippen LogP contribution in [0.2, 0.25) is 0 Å². The predicted molar refractivity (Wildman–Crippen MR) is 123 cm³/mol. The van der Waals surface area contributed by atoms with Crippen molar-refractivity contribution in [2.24, 2.45) is 0 Å². The first-order valence-electron chi connectivity index (χ1n) is 11.8. The topological polar surface area (TPSA) is 81.2 Å². The van der Waals surface area contributed by atoms with Crippen LogP contribution in [0.25, 0.3) is 0 Å². The van der Waals surface area contributed by atoms with Gasteiger partial charge < -0.3 is 19.8 Å². The molecule has 0 unspecified atom stereocenters. The van der Waals surface area contributed by atoms with Gasteiger partial charge in [-0.2, -0.15) is 0 Å².